The number of cyclic esters (lactones) is 1. The maximum absolute atomic E-state index is 11.3. The monoisotopic (exact) mass is 215 g/mol. The van der Waals surface area contributed by atoms with E-state index in [4.69, 9.17) is 9.47 Å². The molecule has 1 amide bonds. The van der Waals surface area contributed by atoms with E-state index in [0.717, 1.165) is 0 Å². The van der Waals surface area contributed by atoms with Crippen molar-refractivity contribution in [3.8, 4) is 0 Å². The Hall–Kier alpha value is -1.26. The van der Waals surface area contributed by atoms with Crippen molar-refractivity contribution in [1.82, 2.24) is 5.32 Å². The molecule has 0 aromatic heterocycles. The lowest BCUT2D eigenvalue weighted by molar-refractivity contribution is -0.176. The smallest absolute Gasteiger partial charge is 0.408 e. The highest BCUT2D eigenvalue weighted by molar-refractivity contribution is 5.86. The third-order valence-electron chi connectivity index (χ3n) is 1.97. The van der Waals surface area contributed by atoms with Gasteiger partial charge in [-0.15, -0.1) is 0 Å². The second kappa shape index (κ2) is 4.08. The van der Waals surface area contributed by atoms with Crippen molar-refractivity contribution in [2.75, 3.05) is 0 Å². The molecular weight excluding hydrogens is 198 g/mol. The van der Waals surface area contributed by atoms with Gasteiger partial charge in [-0.3, -0.25) is 0 Å². The number of esters is 1. The van der Waals surface area contributed by atoms with Crippen LogP contribution >= 0.6 is 0 Å². The van der Waals surface area contributed by atoms with Gasteiger partial charge in [0.05, 0.1) is 0 Å². The van der Waals surface area contributed by atoms with E-state index in [-0.39, 0.29) is 6.10 Å². The molecule has 86 valence electrons. The van der Waals surface area contributed by atoms with E-state index in [1.165, 1.54) is 0 Å². The molecular formula is C10H17NO4. The van der Waals surface area contributed by atoms with Gasteiger partial charge < -0.3 is 14.8 Å². The number of alkyl carbamates (subject to hydrolysis) is 1. The molecule has 1 heterocycles. The lowest BCUT2D eigenvalue weighted by Crippen LogP contribution is -2.60. The fourth-order valence-electron chi connectivity index (χ4n) is 1.28. The van der Waals surface area contributed by atoms with Gasteiger partial charge in [0, 0.05) is 0 Å². The Morgan fingerprint density at radius 3 is 2.53 bits per heavy atom. The number of amides is 1. The molecule has 1 aliphatic heterocycles. The van der Waals surface area contributed by atoms with Crippen LogP contribution in [0.25, 0.3) is 0 Å². The lowest BCUT2D eigenvalue weighted by atomic mass is 10.0. The van der Waals surface area contributed by atoms with Crippen LogP contribution in [0.2, 0.25) is 0 Å². The number of nitrogens with one attached hydrogen (secondary N) is 1. The van der Waals surface area contributed by atoms with Crippen LogP contribution in [0.1, 0.15) is 34.1 Å². The van der Waals surface area contributed by atoms with E-state index < -0.39 is 23.7 Å². The number of rotatable bonds is 2. The maximum Gasteiger partial charge on any atom is 0.408 e. The maximum atomic E-state index is 11.3. The molecule has 0 bridgehead atoms. The van der Waals surface area contributed by atoms with Gasteiger partial charge in [0.25, 0.3) is 0 Å². The second-order valence-electron chi connectivity index (χ2n) is 4.51. The lowest BCUT2D eigenvalue weighted by Gasteiger charge is -2.35. The summed E-state index contributed by atoms with van der Waals surface area (Å²) in [4.78, 5) is 22.3. The van der Waals surface area contributed by atoms with Crippen LogP contribution in [0.3, 0.4) is 0 Å². The number of ether oxygens (including phenoxy) is 2. The Labute approximate surface area is 89.1 Å². The Bertz CT molecular complexity index is 269. The van der Waals surface area contributed by atoms with Crippen molar-refractivity contribution in [2.24, 2.45) is 0 Å². The number of hydrogen-bond donors (Lipinski definition) is 1. The summed E-state index contributed by atoms with van der Waals surface area (Å²) >= 11 is 0. The average molecular weight is 215 g/mol. The topological polar surface area (TPSA) is 64.6 Å². The van der Waals surface area contributed by atoms with Gasteiger partial charge in [0.2, 0.25) is 0 Å². The molecule has 0 spiro atoms. The molecule has 5 nitrogen and oxygen atoms in total. The van der Waals surface area contributed by atoms with Gasteiger partial charge >= 0.3 is 12.1 Å². The Morgan fingerprint density at radius 2 is 2.13 bits per heavy atom. The van der Waals surface area contributed by atoms with Crippen molar-refractivity contribution in [3.05, 3.63) is 0 Å². The summed E-state index contributed by atoms with van der Waals surface area (Å²) in [5.74, 6) is -0.396. The fraction of sp³-hybridized carbons (Fsp3) is 0.800. The molecule has 0 aliphatic carbocycles. The molecule has 0 aromatic carbocycles. The van der Waals surface area contributed by atoms with Crippen molar-refractivity contribution in [3.63, 3.8) is 0 Å². The Morgan fingerprint density at radius 1 is 1.53 bits per heavy atom. The zero-order chi connectivity index (χ0) is 11.6. The predicted molar refractivity (Wildman–Crippen MR) is 53.3 cm³/mol. The van der Waals surface area contributed by atoms with Crippen molar-refractivity contribution >= 4 is 12.1 Å². The van der Waals surface area contributed by atoms with Crippen LogP contribution in [0.15, 0.2) is 0 Å². The van der Waals surface area contributed by atoms with Crippen LogP contribution in [0, 0.1) is 0 Å². The number of carbonyl (C=O) groups excluding carboxylic acids is 2. The Balaban J connectivity index is 2.41. The summed E-state index contributed by atoms with van der Waals surface area (Å²) in [5, 5.41) is 2.49. The predicted octanol–water partition coefficient (Wildman–Crippen LogP) is 1.22. The molecule has 0 aromatic rings. The van der Waals surface area contributed by atoms with Crippen LogP contribution < -0.4 is 5.32 Å². The summed E-state index contributed by atoms with van der Waals surface area (Å²) in [6, 6.07) is -0.551. The molecule has 1 N–H and O–H groups in total. The zero-order valence-corrected chi connectivity index (χ0v) is 9.49. The molecule has 0 radical (unpaired) electrons. The van der Waals surface area contributed by atoms with Crippen LogP contribution in [0.4, 0.5) is 4.79 Å². The molecule has 1 aliphatic rings. The molecule has 15 heavy (non-hydrogen) atoms. The second-order valence-corrected chi connectivity index (χ2v) is 4.51. The summed E-state index contributed by atoms with van der Waals surface area (Å²) in [5.41, 5.74) is -0.556. The van der Waals surface area contributed by atoms with Gasteiger partial charge in [-0.2, -0.15) is 0 Å². The minimum atomic E-state index is -0.581. The van der Waals surface area contributed by atoms with Gasteiger partial charge in [0.15, 0.2) is 6.04 Å². The normalized spacial score (nSPS) is 25.2. The fourth-order valence-corrected chi connectivity index (χ4v) is 1.28. The van der Waals surface area contributed by atoms with E-state index in [0.29, 0.717) is 6.42 Å². The van der Waals surface area contributed by atoms with Crippen LogP contribution in [-0.4, -0.2) is 29.8 Å². The van der Waals surface area contributed by atoms with Gasteiger partial charge in [-0.25, -0.2) is 9.59 Å². The quantitative estimate of drug-likeness (QED) is 0.703. The standard InChI is InChI=1S/C10H17NO4/c1-5-6-7(8(12)14-6)11-9(13)15-10(2,3)4/h6-7H,5H2,1-4H3,(H,11,13). The molecule has 5 heteroatoms. The highest BCUT2D eigenvalue weighted by Gasteiger charge is 2.42. The first kappa shape index (κ1) is 11.8. The van der Waals surface area contributed by atoms with E-state index in [2.05, 4.69) is 5.32 Å². The molecule has 2 atom stereocenters. The SMILES string of the molecule is CCC1OC(=O)C1NC(=O)OC(C)(C)C. The highest BCUT2D eigenvalue weighted by atomic mass is 16.6. The molecule has 1 fully saturated rings. The first-order chi connectivity index (χ1) is 6.83. The minimum absolute atomic E-state index is 0.218. The zero-order valence-electron chi connectivity index (χ0n) is 9.49. The molecule has 1 rings (SSSR count). The summed E-state index contributed by atoms with van der Waals surface area (Å²) in [6.07, 6.45) is -0.112. The van der Waals surface area contributed by atoms with Gasteiger partial charge in [0.1, 0.15) is 11.7 Å². The van der Waals surface area contributed by atoms with E-state index >= 15 is 0 Å². The van der Waals surface area contributed by atoms with E-state index in [1.807, 2.05) is 6.92 Å². The Kier molecular flexibility index (Phi) is 3.21. The molecule has 0 saturated carbocycles. The van der Waals surface area contributed by atoms with Gasteiger partial charge in [-0.05, 0) is 27.2 Å². The first-order valence-electron chi connectivity index (χ1n) is 5.03. The van der Waals surface area contributed by atoms with Crippen molar-refractivity contribution in [1.29, 1.82) is 0 Å². The van der Waals surface area contributed by atoms with E-state index in [1.54, 1.807) is 20.8 Å². The minimum Gasteiger partial charge on any atom is -0.458 e. The summed E-state index contributed by atoms with van der Waals surface area (Å²) in [7, 11) is 0. The van der Waals surface area contributed by atoms with Crippen LogP contribution in [0.5, 0.6) is 0 Å². The number of carbonyl (C=O) groups is 2. The third-order valence-corrected chi connectivity index (χ3v) is 1.97. The van der Waals surface area contributed by atoms with Crippen molar-refractivity contribution < 1.29 is 19.1 Å². The molecule has 1 saturated heterocycles. The first-order valence-corrected chi connectivity index (χ1v) is 5.03. The average Bonchev–Trinajstić information content (AvgIpc) is 2.07. The number of hydrogen-bond acceptors (Lipinski definition) is 4. The summed E-state index contributed by atoms with van der Waals surface area (Å²) in [6.45, 7) is 7.19. The van der Waals surface area contributed by atoms with Gasteiger partial charge in [-0.1, -0.05) is 6.92 Å². The third kappa shape index (κ3) is 3.11. The highest BCUT2D eigenvalue weighted by Crippen LogP contribution is 2.18. The summed E-state index contributed by atoms with van der Waals surface area (Å²) < 4.78 is 9.85. The van der Waals surface area contributed by atoms with E-state index in [9.17, 15) is 9.59 Å². The molecule has 2 unspecified atom stereocenters. The van der Waals surface area contributed by atoms with Crippen LogP contribution in [-0.2, 0) is 14.3 Å². The largest absolute Gasteiger partial charge is 0.458 e. The van der Waals surface area contributed by atoms with Crippen molar-refractivity contribution in [2.45, 2.75) is 51.9 Å².